The van der Waals surface area contributed by atoms with Crippen molar-refractivity contribution in [2.45, 2.75) is 32.7 Å². The zero-order chi connectivity index (χ0) is 13.3. The van der Waals surface area contributed by atoms with Crippen molar-refractivity contribution in [2.75, 3.05) is 17.2 Å². The minimum absolute atomic E-state index is 0.0108. The number of pyridine rings is 1. The van der Waals surface area contributed by atoms with Crippen molar-refractivity contribution in [3.63, 3.8) is 0 Å². The molecule has 0 aliphatic carbocycles. The Balaban J connectivity index is 2.24. The van der Waals surface area contributed by atoms with Gasteiger partial charge in [-0.3, -0.25) is 10.1 Å². The summed E-state index contributed by atoms with van der Waals surface area (Å²) in [6.45, 7) is 5.31. The molecule has 1 aromatic heterocycles. The van der Waals surface area contributed by atoms with E-state index in [1.165, 1.54) is 6.07 Å². The number of hydrogen-bond acceptors (Lipinski definition) is 5. The highest BCUT2D eigenvalue weighted by Crippen LogP contribution is 2.29. The van der Waals surface area contributed by atoms with Crippen LogP contribution in [-0.4, -0.2) is 22.5 Å². The zero-order valence-electron chi connectivity index (χ0n) is 10.7. The van der Waals surface area contributed by atoms with Crippen LogP contribution < -0.4 is 10.6 Å². The Kier molecular flexibility index (Phi) is 3.36. The van der Waals surface area contributed by atoms with Crippen LogP contribution in [0.5, 0.6) is 0 Å². The van der Waals surface area contributed by atoms with Crippen molar-refractivity contribution in [3.8, 4) is 0 Å². The second-order valence-corrected chi connectivity index (χ2v) is 5.00. The molecule has 6 heteroatoms. The molecule has 2 rings (SSSR count). The lowest BCUT2D eigenvalue weighted by atomic mass is 9.93. The number of nitrogen functional groups attached to an aromatic ring is 1. The lowest BCUT2D eigenvalue weighted by Gasteiger charge is -2.37. The number of nitrogens with two attached hydrogens (primary N) is 1. The zero-order valence-corrected chi connectivity index (χ0v) is 10.7. The Morgan fingerprint density at radius 3 is 2.78 bits per heavy atom. The van der Waals surface area contributed by atoms with E-state index in [-0.39, 0.29) is 11.5 Å². The molecule has 1 aromatic rings. The fourth-order valence-electron chi connectivity index (χ4n) is 2.52. The molecule has 2 heterocycles. The van der Waals surface area contributed by atoms with Crippen molar-refractivity contribution < 1.29 is 4.92 Å². The molecule has 0 radical (unpaired) electrons. The molecule has 2 N–H and O–H groups in total. The maximum atomic E-state index is 10.7. The van der Waals surface area contributed by atoms with Crippen molar-refractivity contribution in [1.29, 1.82) is 0 Å². The standard InChI is InChI=1S/C12H18N4O2/c1-8-5-6-15(9(2)7-8)11-4-3-10(16(17)18)12(13)14-11/h3-4,8-9H,5-7H2,1-2H3,(H2,13,14). The van der Waals surface area contributed by atoms with Gasteiger partial charge in [-0.05, 0) is 31.7 Å². The molecule has 2 unspecified atom stereocenters. The topological polar surface area (TPSA) is 85.3 Å². The summed E-state index contributed by atoms with van der Waals surface area (Å²) in [6, 6.07) is 3.51. The fourth-order valence-corrected chi connectivity index (χ4v) is 2.52. The summed E-state index contributed by atoms with van der Waals surface area (Å²) in [4.78, 5) is 16.5. The van der Waals surface area contributed by atoms with Gasteiger partial charge in [0.15, 0.2) is 0 Å². The first-order chi connectivity index (χ1) is 8.49. The van der Waals surface area contributed by atoms with E-state index in [0.717, 1.165) is 25.2 Å². The van der Waals surface area contributed by atoms with Gasteiger partial charge < -0.3 is 10.6 Å². The first kappa shape index (κ1) is 12.6. The van der Waals surface area contributed by atoms with Gasteiger partial charge in [0.2, 0.25) is 5.82 Å². The molecule has 0 bridgehead atoms. The molecule has 0 amide bonds. The van der Waals surface area contributed by atoms with Crippen molar-refractivity contribution in [3.05, 3.63) is 22.2 Å². The van der Waals surface area contributed by atoms with Crippen LogP contribution in [0.4, 0.5) is 17.3 Å². The quantitative estimate of drug-likeness (QED) is 0.642. The molecule has 6 nitrogen and oxygen atoms in total. The normalized spacial score (nSPS) is 24.0. The highest BCUT2D eigenvalue weighted by Gasteiger charge is 2.25. The molecule has 1 aliphatic rings. The van der Waals surface area contributed by atoms with Gasteiger partial charge in [0.1, 0.15) is 5.82 Å². The number of aromatic nitrogens is 1. The Bertz CT molecular complexity index is 463. The average molecular weight is 250 g/mol. The number of hydrogen-bond donors (Lipinski definition) is 1. The van der Waals surface area contributed by atoms with Crippen molar-refractivity contribution in [2.24, 2.45) is 5.92 Å². The number of nitro groups is 1. The number of anilines is 2. The molecular weight excluding hydrogens is 232 g/mol. The fraction of sp³-hybridized carbons (Fsp3) is 0.583. The second kappa shape index (κ2) is 4.80. The largest absolute Gasteiger partial charge is 0.378 e. The van der Waals surface area contributed by atoms with Crippen molar-refractivity contribution >= 4 is 17.3 Å². The lowest BCUT2D eigenvalue weighted by Crippen LogP contribution is -2.40. The third-order valence-electron chi connectivity index (χ3n) is 3.52. The van der Waals surface area contributed by atoms with E-state index in [4.69, 9.17) is 5.73 Å². The van der Waals surface area contributed by atoms with Crippen LogP contribution in [0.1, 0.15) is 26.7 Å². The second-order valence-electron chi connectivity index (χ2n) is 5.00. The summed E-state index contributed by atoms with van der Waals surface area (Å²) in [7, 11) is 0. The van der Waals surface area contributed by atoms with E-state index in [1.54, 1.807) is 6.07 Å². The molecule has 0 aromatic carbocycles. The van der Waals surface area contributed by atoms with Crippen LogP contribution in [0, 0.1) is 16.0 Å². The smallest absolute Gasteiger partial charge is 0.311 e. The van der Waals surface area contributed by atoms with Crippen LogP contribution in [0.15, 0.2) is 12.1 Å². The van der Waals surface area contributed by atoms with Gasteiger partial charge in [0.05, 0.1) is 4.92 Å². The van der Waals surface area contributed by atoms with E-state index in [9.17, 15) is 10.1 Å². The Morgan fingerprint density at radius 2 is 2.22 bits per heavy atom. The number of rotatable bonds is 2. The van der Waals surface area contributed by atoms with E-state index in [2.05, 4.69) is 23.7 Å². The maximum absolute atomic E-state index is 10.7. The van der Waals surface area contributed by atoms with E-state index < -0.39 is 4.92 Å². The third-order valence-corrected chi connectivity index (χ3v) is 3.52. The third kappa shape index (κ3) is 2.37. The monoisotopic (exact) mass is 250 g/mol. The molecule has 1 saturated heterocycles. The molecule has 0 saturated carbocycles. The first-order valence-electron chi connectivity index (χ1n) is 6.16. The summed E-state index contributed by atoms with van der Waals surface area (Å²) in [5.41, 5.74) is 5.49. The Morgan fingerprint density at radius 1 is 1.50 bits per heavy atom. The highest BCUT2D eigenvalue weighted by atomic mass is 16.6. The highest BCUT2D eigenvalue weighted by molar-refractivity contribution is 5.58. The van der Waals surface area contributed by atoms with Crippen LogP contribution in [0.3, 0.4) is 0 Å². The van der Waals surface area contributed by atoms with Gasteiger partial charge in [-0.1, -0.05) is 6.92 Å². The molecule has 1 fully saturated rings. The van der Waals surface area contributed by atoms with E-state index in [1.807, 2.05) is 0 Å². The van der Waals surface area contributed by atoms with Gasteiger partial charge in [-0.15, -0.1) is 0 Å². The average Bonchev–Trinajstić information content (AvgIpc) is 2.28. The van der Waals surface area contributed by atoms with Crippen LogP contribution in [-0.2, 0) is 0 Å². The first-order valence-corrected chi connectivity index (χ1v) is 6.16. The SMILES string of the molecule is CC1CCN(c2ccc([N+](=O)[O-])c(N)n2)C(C)C1. The summed E-state index contributed by atoms with van der Waals surface area (Å²) in [5.74, 6) is 1.44. The summed E-state index contributed by atoms with van der Waals surface area (Å²) in [6.07, 6.45) is 2.22. The Labute approximate surface area is 106 Å². The van der Waals surface area contributed by atoms with E-state index >= 15 is 0 Å². The summed E-state index contributed by atoms with van der Waals surface area (Å²) in [5, 5.41) is 10.7. The van der Waals surface area contributed by atoms with Gasteiger partial charge in [0, 0.05) is 18.7 Å². The van der Waals surface area contributed by atoms with Gasteiger partial charge in [-0.2, -0.15) is 0 Å². The predicted molar refractivity (Wildman–Crippen MR) is 70.5 cm³/mol. The van der Waals surface area contributed by atoms with Crippen molar-refractivity contribution in [1.82, 2.24) is 4.98 Å². The van der Waals surface area contributed by atoms with Crippen LogP contribution >= 0.6 is 0 Å². The predicted octanol–water partition coefficient (Wildman–Crippen LogP) is 2.20. The number of nitrogens with zero attached hydrogens (tertiary/aromatic N) is 3. The molecular formula is C12H18N4O2. The minimum Gasteiger partial charge on any atom is -0.378 e. The van der Waals surface area contributed by atoms with Gasteiger partial charge in [-0.25, -0.2) is 4.98 Å². The van der Waals surface area contributed by atoms with Crippen LogP contribution in [0.2, 0.25) is 0 Å². The summed E-state index contributed by atoms with van der Waals surface area (Å²) >= 11 is 0. The molecule has 18 heavy (non-hydrogen) atoms. The van der Waals surface area contributed by atoms with Gasteiger partial charge in [0.25, 0.3) is 0 Å². The molecule has 2 atom stereocenters. The molecule has 0 spiro atoms. The lowest BCUT2D eigenvalue weighted by molar-refractivity contribution is -0.384. The van der Waals surface area contributed by atoms with E-state index in [0.29, 0.717) is 12.0 Å². The number of piperidine rings is 1. The maximum Gasteiger partial charge on any atom is 0.311 e. The Hall–Kier alpha value is -1.85. The molecule has 98 valence electrons. The molecule has 1 aliphatic heterocycles. The van der Waals surface area contributed by atoms with Gasteiger partial charge >= 0.3 is 5.69 Å². The summed E-state index contributed by atoms with van der Waals surface area (Å²) < 4.78 is 0. The van der Waals surface area contributed by atoms with Crippen LogP contribution in [0.25, 0.3) is 0 Å². The minimum atomic E-state index is -0.506.